The minimum absolute atomic E-state index is 0.265. The molecule has 0 aromatic heterocycles. The molecule has 0 heterocycles. The van der Waals surface area contributed by atoms with Crippen LogP contribution in [0.5, 0.6) is 0 Å². The van der Waals surface area contributed by atoms with Gasteiger partial charge in [-0.3, -0.25) is 0 Å². The van der Waals surface area contributed by atoms with E-state index in [1.165, 1.54) is 24.3 Å². The quantitative estimate of drug-likeness (QED) is 0.631. The van der Waals surface area contributed by atoms with Crippen LogP contribution in [-0.2, 0) is 0 Å². The van der Waals surface area contributed by atoms with Gasteiger partial charge in [0.25, 0.3) is 0 Å². The molecule has 0 spiro atoms. The molecule has 76 valence electrons. The van der Waals surface area contributed by atoms with Crippen molar-refractivity contribution in [3.8, 4) is 0 Å². The highest BCUT2D eigenvalue weighted by Gasteiger charge is 2.16. The standard InChI is InChI=1S/C11H26S/c1-7-9-12(5,6)10-8-11(2,3)4/h7-10H2,1-6H3. The Morgan fingerprint density at radius 1 is 1.00 bits per heavy atom. The maximum Gasteiger partial charge on any atom is -0.0228 e. The van der Waals surface area contributed by atoms with Gasteiger partial charge in [0.1, 0.15) is 0 Å². The van der Waals surface area contributed by atoms with Gasteiger partial charge in [-0.25, -0.2) is 10.0 Å². The molecule has 0 N–H and O–H groups in total. The summed E-state index contributed by atoms with van der Waals surface area (Å²) in [6.45, 7) is 9.32. The van der Waals surface area contributed by atoms with Gasteiger partial charge in [0.05, 0.1) is 0 Å². The van der Waals surface area contributed by atoms with Crippen LogP contribution in [0, 0.1) is 5.41 Å². The fourth-order valence-electron chi connectivity index (χ4n) is 1.24. The molecule has 0 rings (SSSR count). The molecule has 0 fully saturated rings. The van der Waals surface area contributed by atoms with E-state index in [4.69, 9.17) is 0 Å². The summed E-state index contributed by atoms with van der Waals surface area (Å²) in [6, 6.07) is 0. The molecule has 0 saturated carbocycles. The van der Waals surface area contributed by atoms with Crippen molar-refractivity contribution in [2.75, 3.05) is 24.0 Å². The number of hydrogen-bond donors (Lipinski definition) is 0. The monoisotopic (exact) mass is 190 g/mol. The Bertz CT molecular complexity index is 119. The summed E-state index contributed by atoms with van der Waals surface area (Å²) in [7, 11) is -0.265. The van der Waals surface area contributed by atoms with Gasteiger partial charge in [0.2, 0.25) is 0 Å². The summed E-state index contributed by atoms with van der Waals surface area (Å²) in [5.41, 5.74) is 0.526. The van der Waals surface area contributed by atoms with E-state index in [1.807, 2.05) is 0 Å². The van der Waals surface area contributed by atoms with Crippen LogP contribution < -0.4 is 0 Å². The lowest BCUT2D eigenvalue weighted by atomic mass is 9.94. The lowest BCUT2D eigenvalue weighted by Crippen LogP contribution is -2.13. The molecule has 0 nitrogen and oxygen atoms in total. The Kier molecular flexibility index (Phi) is 4.68. The van der Waals surface area contributed by atoms with Crippen LogP contribution in [0.4, 0.5) is 0 Å². The third-order valence-corrected chi connectivity index (χ3v) is 4.98. The van der Waals surface area contributed by atoms with Crippen LogP contribution >= 0.6 is 10.0 Å². The molecule has 0 atom stereocenters. The number of rotatable bonds is 4. The van der Waals surface area contributed by atoms with Crippen molar-refractivity contribution in [3.63, 3.8) is 0 Å². The SMILES string of the molecule is CCCS(C)(C)CCC(C)(C)C. The highest BCUT2D eigenvalue weighted by atomic mass is 32.3. The van der Waals surface area contributed by atoms with E-state index >= 15 is 0 Å². The second-order valence-electron chi connectivity index (χ2n) is 5.49. The fraction of sp³-hybridized carbons (Fsp3) is 1.00. The molecule has 0 aromatic carbocycles. The lowest BCUT2D eigenvalue weighted by Gasteiger charge is -2.33. The van der Waals surface area contributed by atoms with E-state index in [1.54, 1.807) is 0 Å². The van der Waals surface area contributed by atoms with Gasteiger partial charge in [0, 0.05) is 0 Å². The van der Waals surface area contributed by atoms with Crippen molar-refractivity contribution < 1.29 is 0 Å². The Hall–Kier alpha value is 0.350. The highest BCUT2D eigenvalue weighted by molar-refractivity contribution is 8.32. The first-order valence-corrected chi connectivity index (χ1v) is 7.74. The van der Waals surface area contributed by atoms with E-state index < -0.39 is 0 Å². The Labute approximate surface area is 80.4 Å². The summed E-state index contributed by atoms with van der Waals surface area (Å²) in [5.74, 6) is 2.90. The summed E-state index contributed by atoms with van der Waals surface area (Å²) in [4.78, 5) is 0. The van der Waals surface area contributed by atoms with Gasteiger partial charge in [-0.15, -0.1) is 0 Å². The Morgan fingerprint density at radius 3 is 1.83 bits per heavy atom. The largest absolute Gasteiger partial charge is 0.247 e. The van der Waals surface area contributed by atoms with E-state index in [0.717, 1.165) is 0 Å². The molecule has 0 bridgehead atoms. The molecular formula is C11H26S. The zero-order valence-corrected chi connectivity index (χ0v) is 10.6. The molecular weight excluding hydrogens is 164 g/mol. The van der Waals surface area contributed by atoms with E-state index in [2.05, 4.69) is 40.2 Å². The summed E-state index contributed by atoms with van der Waals surface area (Å²) >= 11 is 0. The second kappa shape index (κ2) is 4.55. The van der Waals surface area contributed by atoms with E-state index in [0.29, 0.717) is 5.41 Å². The van der Waals surface area contributed by atoms with Crippen LogP contribution in [0.25, 0.3) is 0 Å². The fourth-order valence-corrected chi connectivity index (χ4v) is 3.71. The van der Waals surface area contributed by atoms with Crippen LogP contribution in [-0.4, -0.2) is 24.0 Å². The molecule has 12 heavy (non-hydrogen) atoms. The van der Waals surface area contributed by atoms with Crippen molar-refractivity contribution >= 4 is 10.0 Å². The van der Waals surface area contributed by atoms with Crippen molar-refractivity contribution in [2.24, 2.45) is 5.41 Å². The summed E-state index contributed by atoms with van der Waals surface area (Å²) in [5, 5.41) is 0. The predicted molar refractivity (Wildman–Crippen MR) is 63.5 cm³/mol. The smallest absolute Gasteiger partial charge is 0.0228 e. The van der Waals surface area contributed by atoms with Gasteiger partial charge in [-0.2, -0.15) is 0 Å². The van der Waals surface area contributed by atoms with Gasteiger partial charge in [0.15, 0.2) is 0 Å². The average Bonchev–Trinajstić information content (AvgIpc) is 1.83. The third-order valence-electron chi connectivity index (χ3n) is 2.16. The average molecular weight is 190 g/mol. The minimum Gasteiger partial charge on any atom is -0.247 e. The zero-order valence-electron chi connectivity index (χ0n) is 9.74. The second-order valence-corrected chi connectivity index (χ2v) is 9.84. The van der Waals surface area contributed by atoms with Gasteiger partial charge in [-0.1, -0.05) is 27.7 Å². The molecule has 0 amide bonds. The first-order valence-electron chi connectivity index (χ1n) is 4.95. The van der Waals surface area contributed by atoms with Gasteiger partial charge in [-0.05, 0) is 42.3 Å². The van der Waals surface area contributed by atoms with Crippen LogP contribution in [0.2, 0.25) is 0 Å². The molecule has 0 unspecified atom stereocenters. The molecule has 0 aliphatic heterocycles. The Morgan fingerprint density at radius 2 is 1.50 bits per heavy atom. The maximum absolute atomic E-state index is 2.47. The van der Waals surface area contributed by atoms with E-state index in [9.17, 15) is 0 Å². The van der Waals surface area contributed by atoms with Crippen molar-refractivity contribution in [1.82, 2.24) is 0 Å². The first kappa shape index (κ1) is 12.3. The van der Waals surface area contributed by atoms with Crippen LogP contribution in [0.3, 0.4) is 0 Å². The molecule has 0 aromatic rings. The van der Waals surface area contributed by atoms with Crippen molar-refractivity contribution in [2.45, 2.75) is 40.5 Å². The normalized spacial score (nSPS) is 14.8. The molecule has 0 radical (unpaired) electrons. The summed E-state index contributed by atoms with van der Waals surface area (Å²) < 4.78 is 0. The number of hydrogen-bond acceptors (Lipinski definition) is 0. The van der Waals surface area contributed by atoms with Gasteiger partial charge >= 0.3 is 0 Å². The lowest BCUT2D eigenvalue weighted by molar-refractivity contribution is 0.401. The maximum atomic E-state index is 2.47. The predicted octanol–water partition coefficient (Wildman–Crippen LogP) is 3.90. The molecule has 0 aliphatic rings. The highest BCUT2D eigenvalue weighted by Crippen LogP contribution is 2.43. The van der Waals surface area contributed by atoms with Crippen molar-refractivity contribution in [3.05, 3.63) is 0 Å². The van der Waals surface area contributed by atoms with Gasteiger partial charge < -0.3 is 0 Å². The minimum atomic E-state index is -0.265. The third kappa shape index (κ3) is 7.02. The Balaban J connectivity index is 3.75. The van der Waals surface area contributed by atoms with E-state index in [-0.39, 0.29) is 10.0 Å². The zero-order chi connectivity index (χ0) is 9.83. The first-order chi connectivity index (χ1) is 5.27. The van der Waals surface area contributed by atoms with Crippen LogP contribution in [0.1, 0.15) is 40.5 Å². The van der Waals surface area contributed by atoms with Crippen LogP contribution in [0.15, 0.2) is 0 Å². The van der Waals surface area contributed by atoms with Crippen molar-refractivity contribution in [1.29, 1.82) is 0 Å². The topological polar surface area (TPSA) is 0 Å². The molecule has 0 aliphatic carbocycles. The molecule has 0 saturated heterocycles. The summed E-state index contributed by atoms with van der Waals surface area (Å²) in [6.07, 6.45) is 7.69. The molecule has 1 heteroatoms.